The average Bonchev–Trinajstić information content (AvgIpc) is 3.22. The van der Waals surface area contributed by atoms with Crippen LogP contribution >= 0.6 is 11.3 Å². The van der Waals surface area contributed by atoms with Crippen molar-refractivity contribution in [3.05, 3.63) is 46.5 Å². The maximum absolute atomic E-state index is 12.1. The van der Waals surface area contributed by atoms with Crippen LogP contribution in [0.15, 0.2) is 39.6 Å². The number of carbonyl (C=O) groups excluding carboxylic acids is 1. The van der Waals surface area contributed by atoms with Gasteiger partial charge >= 0.3 is 0 Å². The maximum atomic E-state index is 12.1. The molecule has 0 spiro atoms. The first-order valence-electron chi connectivity index (χ1n) is 7.18. The number of carbonyl (C=O) groups is 1. The van der Waals surface area contributed by atoms with Crippen molar-refractivity contribution in [1.82, 2.24) is 5.32 Å². The Hall–Kier alpha value is -1.55. The Labute approximate surface area is 123 Å². The molecule has 1 atom stereocenters. The van der Waals surface area contributed by atoms with Crippen molar-refractivity contribution >= 4 is 17.2 Å². The molecule has 1 N–H and O–H groups in total. The van der Waals surface area contributed by atoms with Crippen LogP contribution in [0.3, 0.4) is 0 Å². The smallest absolute Gasteiger partial charge is 0.223 e. The van der Waals surface area contributed by atoms with Crippen LogP contribution in [0.1, 0.15) is 42.9 Å². The summed E-state index contributed by atoms with van der Waals surface area (Å²) in [5, 5.41) is 7.29. The highest BCUT2D eigenvalue weighted by Gasteiger charge is 2.24. The van der Waals surface area contributed by atoms with Crippen molar-refractivity contribution in [2.24, 2.45) is 5.92 Å². The Bertz CT molecular complexity index is 493. The zero-order valence-corrected chi connectivity index (χ0v) is 12.2. The lowest BCUT2D eigenvalue weighted by Crippen LogP contribution is -2.33. The van der Waals surface area contributed by atoms with Gasteiger partial charge in [0, 0.05) is 12.5 Å². The van der Waals surface area contributed by atoms with Crippen molar-refractivity contribution in [2.45, 2.75) is 31.6 Å². The van der Waals surface area contributed by atoms with Crippen LogP contribution in [-0.2, 0) is 4.79 Å². The molecule has 20 heavy (non-hydrogen) atoms. The lowest BCUT2D eigenvalue weighted by Gasteiger charge is -2.16. The van der Waals surface area contributed by atoms with Gasteiger partial charge < -0.3 is 9.73 Å². The van der Waals surface area contributed by atoms with Gasteiger partial charge in [-0.3, -0.25) is 4.79 Å². The molecule has 0 aliphatic heterocycles. The van der Waals surface area contributed by atoms with E-state index in [2.05, 4.69) is 22.1 Å². The van der Waals surface area contributed by atoms with Gasteiger partial charge in [0.15, 0.2) is 0 Å². The summed E-state index contributed by atoms with van der Waals surface area (Å²) in [7, 11) is 0. The van der Waals surface area contributed by atoms with Gasteiger partial charge in [0.05, 0.1) is 12.2 Å². The van der Waals surface area contributed by atoms with Gasteiger partial charge in [-0.1, -0.05) is 12.8 Å². The van der Waals surface area contributed by atoms with Crippen LogP contribution in [0, 0.1) is 5.92 Å². The summed E-state index contributed by atoms with van der Waals surface area (Å²) in [6.07, 6.45) is 6.13. The number of nitrogens with one attached hydrogen (secondary N) is 1. The maximum Gasteiger partial charge on any atom is 0.223 e. The van der Waals surface area contributed by atoms with Crippen molar-refractivity contribution in [2.75, 3.05) is 6.54 Å². The first-order valence-corrected chi connectivity index (χ1v) is 8.12. The third-order valence-electron chi connectivity index (χ3n) is 4.04. The van der Waals surface area contributed by atoms with E-state index in [4.69, 9.17) is 4.42 Å². The molecule has 4 heteroatoms. The van der Waals surface area contributed by atoms with Crippen LogP contribution in [0.2, 0.25) is 0 Å². The van der Waals surface area contributed by atoms with E-state index >= 15 is 0 Å². The van der Waals surface area contributed by atoms with E-state index < -0.39 is 0 Å². The summed E-state index contributed by atoms with van der Waals surface area (Å²) in [6.45, 7) is 0.611. The summed E-state index contributed by atoms with van der Waals surface area (Å²) < 4.78 is 5.53. The van der Waals surface area contributed by atoms with Crippen LogP contribution in [0.25, 0.3) is 0 Å². The van der Waals surface area contributed by atoms with Crippen LogP contribution < -0.4 is 5.32 Å². The van der Waals surface area contributed by atoms with Crippen molar-refractivity contribution < 1.29 is 9.21 Å². The van der Waals surface area contributed by atoms with Crippen LogP contribution in [0.4, 0.5) is 0 Å². The minimum Gasteiger partial charge on any atom is -0.469 e. The highest BCUT2D eigenvalue weighted by Crippen LogP contribution is 2.28. The number of furan rings is 1. The predicted molar refractivity (Wildman–Crippen MR) is 79.8 cm³/mol. The van der Waals surface area contributed by atoms with Gasteiger partial charge in [-0.25, -0.2) is 0 Å². The molecule has 2 aromatic heterocycles. The van der Waals surface area contributed by atoms with Crippen molar-refractivity contribution in [1.29, 1.82) is 0 Å². The number of hydrogen-bond acceptors (Lipinski definition) is 3. The van der Waals surface area contributed by atoms with Gasteiger partial charge in [0.25, 0.3) is 0 Å². The fourth-order valence-corrected chi connectivity index (χ4v) is 3.59. The molecule has 0 saturated heterocycles. The summed E-state index contributed by atoms with van der Waals surface area (Å²) in [6, 6.07) is 5.97. The molecule has 1 aliphatic rings. The molecule has 106 valence electrons. The zero-order chi connectivity index (χ0) is 13.8. The molecule has 1 aliphatic carbocycles. The van der Waals surface area contributed by atoms with Gasteiger partial charge in [0.1, 0.15) is 5.76 Å². The molecule has 1 saturated carbocycles. The Morgan fingerprint density at radius 2 is 2.25 bits per heavy atom. The lowest BCUT2D eigenvalue weighted by molar-refractivity contribution is -0.124. The van der Waals surface area contributed by atoms with Gasteiger partial charge in [-0.15, -0.1) is 0 Å². The quantitative estimate of drug-likeness (QED) is 0.910. The highest BCUT2D eigenvalue weighted by molar-refractivity contribution is 7.08. The number of rotatable bonds is 5. The SMILES string of the molecule is O=C(NCC(c1ccsc1)c1ccco1)C1CCCC1. The molecule has 1 amide bonds. The van der Waals surface area contributed by atoms with Gasteiger partial charge in [-0.2, -0.15) is 11.3 Å². The molecule has 2 heterocycles. The van der Waals surface area contributed by atoms with Crippen LogP contribution in [0.5, 0.6) is 0 Å². The fraction of sp³-hybridized carbons (Fsp3) is 0.438. The molecule has 0 radical (unpaired) electrons. The first-order chi connectivity index (χ1) is 9.84. The molecular weight excluding hydrogens is 270 g/mol. The predicted octanol–water partition coefficient (Wildman–Crippen LogP) is 3.78. The summed E-state index contributed by atoms with van der Waals surface area (Å²) >= 11 is 1.67. The molecule has 0 aromatic carbocycles. The third-order valence-corrected chi connectivity index (χ3v) is 4.74. The Morgan fingerprint density at radius 3 is 2.90 bits per heavy atom. The largest absolute Gasteiger partial charge is 0.469 e. The number of thiophene rings is 1. The minimum absolute atomic E-state index is 0.113. The van der Waals surface area contributed by atoms with E-state index in [1.54, 1.807) is 17.6 Å². The highest BCUT2D eigenvalue weighted by atomic mass is 32.1. The van der Waals surface area contributed by atoms with E-state index in [1.807, 2.05) is 12.1 Å². The van der Waals surface area contributed by atoms with E-state index in [-0.39, 0.29) is 17.7 Å². The zero-order valence-electron chi connectivity index (χ0n) is 11.4. The average molecular weight is 289 g/mol. The van der Waals surface area contributed by atoms with E-state index in [1.165, 1.54) is 18.4 Å². The standard InChI is InChI=1S/C16H19NO2S/c18-16(12-4-1-2-5-12)17-10-14(13-7-9-20-11-13)15-6-3-8-19-15/h3,6-9,11-12,14H,1-2,4-5,10H2,(H,17,18). The Balaban J connectivity index is 1.66. The fourth-order valence-electron chi connectivity index (χ4n) is 2.88. The Kier molecular flexibility index (Phi) is 4.21. The second-order valence-corrected chi connectivity index (χ2v) is 6.13. The van der Waals surface area contributed by atoms with Crippen molar-refractivity contribution in [3.63, 3.8) is 0 Å². The van der Waals surface area contributed by atoms with E-state index in [0.717, 1.165) is 18.6 Å². The molecule has 0 bridgehead atoms. The monoisotopic (exact) mass is 289 g/mol. The van der Waals surface area contributed by atoms with Gasteiger partial charge in [-0.05, 0) is 47.4 Å². The van der Waals surface area contributed by atoms with E-state index in [0.29, 0.717) is 6.54 Å². The minimum atomic E-state index is 0.113. The van der Waals surface area contributed by atoms with Crippen LogP contribution in [-0.4, -0.2) is 12.5 Å². The molecule has 3 nitrogen and oxygen atoms in total. The number of hydrogen-bond donors (Lipinski definition) is 1. The molecule has 1 fully saturated rings. The van der Waals surface area contributed by atoms with Crippen molar-refractivity contribution in [3.8, 4) is 0 Å². The second-order valence-electron chi connectivity index (χ2n) is 5.35. The third kappa shape index (κ3) is 2.96. The van der Waals surface area contributed by atoms with Gasteiger partial charge in [0.2, 0.25) is 5.91 Å². The number of amides is 1. The topological polar surface area (TPSA) is 42.2 Å². The normalized spacial score (nSPS) is 17.2. The lowest BCUT2D eigenvalue weighted by atomic mass is 9.99. The molecule has 2 aromatic rings. The second kappa shape index (κ2) is 6.27. The summed E-state index contributed by atoms with van der Waals surface area (Å²) in [5.41, 5.74) is 1.21. The summed E-state index contributed by atoms with van der Waals surface area (Å²) in [5.74, 6) is 1.45. The molecule has 3 rings (SSSR count). The summed E-state index contributed by atoms with van der Waals surface area (Å²) in [4.78, 5) is 12.1. The Morgan fingerprint density at radius 1 is 1.40 bits per heavy atom. The first kappa shape index (κ1) is 13.4. The van der Waals surface area contributed by atoms with E-state index in [9.17, 15) is 4.79 Å². The molecule has 1 unspecified atom stereocenters. The molecular formula is C16H19NO2S.